The normalized spacial score (nSPS) is 14.9. The van der Waals surface area contributed by atoms with Crippen LogP contribution in [0.15, 0.2) is 57.9 Å². The van der Waals surface area contributed by atoms with Gasteiger partial charge in [0.05, 0.1) is 23.8 Å². The third-order valence-electron chi connectivity index (χ3n) is 5.89. The number of aromatic nitrogens is 2. The highest BCUT2D eigenvalue weighted by Gasteiger charge is 2.24. The van der Waals surface area contributed by atoms with Crippen LogP contribution in [0.4, 0.5) is 0 Å². The molecule has 1 aliphatic heterocycles. The van der Waals surface area contributed by atoms with Crippen LogP contribution in [-0.4, -0.2) is 79.9 Å². The van der Waals surface area contributed by atoms with Gasteiger partial charge in [0.15, 0.2) is 9.84 Å². The van der Waals surface area contributed by atoms with Crippen LogP contribution in [-0.2, 0) is 21.1 Å². The maximum absolute atomic E-state index is 12.9. The molecule has 34 heavy (non-hydrogen) atoms. The van der Waals surface area contributed by atoms with Gasteiger partial charge in [0, 0.05) is 44.4 Å². The Bertz CT molecular complexity index is 1230. The summed E-state index contributed by atoms with van der Waals surface area (Å²) in [6.07, 6.45) is 0. The quantitative estimate of drug-likeness (QED) is 0.480. The summed E-state index contributed by atoms with van der Waals surface area (Å²) in [5.41, 5.74) is 2.51. The number of hydrogen-bond acceptors (Lipinski definition) is 8. The standard InChI is InChI=1S/C24H28N4O5S/c1-18-5-3-4-6-21(18)23-25-22(33-26-23)17-27-11-13-28(14-12-27)24(29)19-7-9-20(10-8-19)34(30,31)16-15-32-2/h3-10H,11-17H2,1-2H3. The number of carbonyl (C=O) groups is 1. The van der Waals surface area contributed by atoms with Crippen LogP contribution >= 0.6 is 0 Å². The van der Waals surface area contributed by atoms with Crippen molar-refractivity contribution in [3.8, 4) is 11.4 Å². The minimum absolute atomic E-state index is 0.0920. The molecule has 2 aromatic carbocycles. The molecule has 1 aromatic heterocycles. The zero-order valence-corrected chi connectivity index (χ0v) is 20.1. The van der Waals surface area contributed by atoms with Gasteiger partial charge in [0.25, 0.3) is 5.91 Å². The highest BCUT2D eigenvalue weighted by Crippen LogP contribution is 2.21. The first-order valence-corrected chi connectivity index (χ1v) is 12.7. The number of piperazine rings is 1. The van der Waals surface area contributed by atoms with Crippen molar-refractivity contribution in [2.45, 2.75) is 18.4 Å². The molecule has 1 fully saturated rings. The number of benzene rings is 2. The lowest BCUT2D eigenvalue weighted by Crippen LogP contribution is -2.48. The topological polar surface area (TPSA) is 106 Å². The summed E-state index contributed by atoms with van der Waals surface area (Å²) in [4.78, 5) is 21.6. The Morgan fingerprint density at radius 3 is 2.44 bits per heavy atom. The molecule has 1 aliphatic rings. The molecule has 0 spiro atoms. The largest absolute Gasteiger partial charge is 0.384 e. The Labute approximate surface area is 199 Å². The molecule has 0 N–H and O–H groups in total. The number of rotatable bonds is 8. The molecule has 180 valence electrons. The van der Waals surface area contributed by atoms with E-state index in [-0.39, 0.29) is 23.2 Å². The van der Waals surface area contributed by atoms with E-state index in [4.69, 9.17) is 9.26 Å². The average Bonchev–Trinajstić information content (AvgIpc) is 3.31. The van der Waals surface area contributed by atoms with Crippen LogP contribution < -0.4 is 0 Å². The van der Waals surface area contributed by atoms with Crippen molar-refractivity contribution in [1.29, 1.82) is 0 Å². The minimum atomic E-state index is -3.42. The van der Waals surface area contributed by atoms with E-state index in [1.54, 1.807) is 17.0 Å². The first-order valence-electron chi connectivity index (χ1n) is 11.1. The summed E-state index contributed by atoms with van der Waals surface area (Å²) >= 11 is 0. The zero-order chi connectivity index (χ0) is 24.1. The van der Waals surface area contributed by atoms with E-state index >= 15 is 0 Å². The lowest BCUT2D eigenvalue weighted by Gasteiger charge is -2.34. The molecular formula is C24H28N4O5S. The molecule has 4 rings (SSSR count). The third-order valence-corrected chi connectivity index (χ3v) is 7.58. The first-order chi connectivity index (χ1) is 16.4. The Morgan fingerprint density at radius 1 is 1.06 bits per heavy atom. The lowest BCUT2D eigenvalue weighted by atomic mass is 10.1. The molecule has 0 aliphatic carbocycles. The molecule has 10 heteroatoms. The lowest BCUT2D eigenvalue weighted by molar-refractivity contribution is 0.0615. The van der Waals surface area contributed by atoms with Crippen molar-refractivity contribution in [1.82, 2.24) is 19.9 Å². The molecule has 0 atom stereocenters. The van der Waals surface area contributed by atoms with Gasteiger partial charge in [-0.1, -0.05) is 29.4 Å². The van der Waals surface area contributed by atoms with E-state index in [1.807, 2.05) is 31.2 Å². The second kappa shape index (κ2) is 10.5. The first kappa shape index (κ1) is 24.1. The number of sulfone groups is 1. The molecule has 2 heterocycles. The van der Waals surface area contributed by atoms with Crippen molar-refractivity contribution in [3.63, 3.8) is 0 Å². The molecule has 1 amide bonds. The van der Waals surface area contributed by atoms with Crippen molar-refractivity contribution in [2.75, 3.05) is 45.6 Å². The van der Waals surface area contributed by atoms with E-state index in [1.165, 1.54) is 19.2 Å². The summed E-state index contributed by atoms with van der Waals surface area (Å²) in [7, 11) is -1.96. The number of carbonyl (C=O) groups excluding carboxylic acids is 1. The van der Waals surface area contributed by atoms with E-state index in [0.29, 0.717) is 50.0 Å². The Balaban J connectivity index is 1.32. The van der Waals surface area contributed by atoms with Gasteiger partial charge in [0.1, 0.15) is 0 Å². The maximum Gasteiger partial charge on any atom is 0.253 e. The zero-order valence-electron chi connectivity index (χ0n) is 19.3. The van der Waals surface area contributed by atoms with Crippen LogP contribution in [0.3, 0.4) is 0 Å². The number of hydrogen-bond donors (Lipinski definition) is 0. The molecule has 0 bridgehead atoms. The molecule has 0 saturated carbocycles. The van der Waals surface area contributed by atoms with Gasteiger partial charge in [-0.2, -0.15) is 4.98 Å². The number of amides is 1. The van der Waals surface area contributed by atoms with Crippen LogP contribution in [0.5, 0.6) is 0 Å². The SMILES string of the molecule is COCCS(=O)(=O)c1ccc(C(=O)N2CCN(Cc3nc(-c4ccccc4C)no3)CC2)cc1. The summed E-state index contributed by atoms with van der Waals surface area (Å²) in [6, 6.07) is 14.0. The molecule has 1 saturated heterocycles. The minimum Gasteiger partial charge on any atom is -0.384 e. The van der Waals surface area contributed by atoms with Gasteiger partial charge in [0.2, 0.25) is 11.7 Å². The second-order valence-electron chi connectivity index (χ2n) is 8.23. The highest BCUT2D eigenvalue weighted by atomic mass is 32.2. The number of nitrogens with zero attached hydrogens (tertiary/aromatic N) is 4. The average molecular weight is 485 g/mol. The van der Waals surface area contributed by atoms with Crippen molar-refractivity contribution in [2.24, 2.45) is 0 Å². The second-order valence-corrected chi connectivity index (χ2v) is 10.3. The van der Waals surface area contributed by atoms with Gasteiger partial charge in [-0.3, -0.25) is 9.69 Å². The van der Waals surface area contributed by atoms with E-state index in [9.17, 15) is 13.2 Å². The van der Waals surface area contributed by atoms with E-state index < -0.39 is 9.84 Å². The summed E-state index contributed by atoms with van der Waals surface area (Å²) < 4.78 is 34.8. The smallest absolute Gasteiger partial charge is 0.253 e. The van der Waals surface area contributed by atoms with Crippen molar-refractivity contribution >= 4 is 15.7 Å². The molecule has 0 radical (unpaired) electrons. The molecular weight excluding hydrogens is 456 g/mol. The number of aryl methyl sites for hydroxylation is 1. The van der Waals surface area contributed by atoms with Crippen LogP contribution in [0, 0.1) is 6.92 Å². The summed E-state index contributed by atoms with van der Waals surface area (Å²) in [6.45, 7) is 5.14. The van der Waals surface area contributed by atoms with Crippen molar-refractivity contribution < 1.29 is 22.5 Å². The molecule has 3 aromatic rings. The van der Waals surface area contributed by atoms with Gasteiger partial charge < -0.3 is 14.2 Å². The van der Waals surface area contributed by atoms with Crippen LogP contribution in [0.2, 0.25) is 0 Å². The highest BCUT2D eigenvalue weighted by molar-refractivity contribution is 7.91. The molecule has 0 unspecified atom stereocenters. The van der Waals surface area contributed by atoms with Gasteiger partial charge >= 0.3 is 0 Å². The van der Waals surface area contributed by atoms with Gasteiger partial charge in [-0.25, -0.2) is 8.42 Å². The Morgan fingerprint density at radius 2 is 1.76 bits per heavy atom. The summed E-state index contributed by atoms with van der Waals surface area (Å²) in [5.74, 6) is 0.920. The summed E-state index contributed by atoms with van der Waals surface area (Å²) in [5, 5.41) is 4.11. The van der Waals surface area contributed by atoms with Crippen molar-refractivity contribution in [3.05, 3.63) is 65.5 Å². The predicted octanol–water partition coefficient (Wildman–Crippen LogP) is 2.42. The fourth-order valence-electron chi connectivity index (χ4n) is 3.85. The van der Waals surface area contributed by atoms with Crippen LogP contribution in [0.1, 0.15) is 21.8 Å². The fourth-order valence-corrected chi connectivity index (χ4v) is 5.02. The van der Waals surface area contributed by atoms with Gasteiger partial charge in [-0.15, -0.1) is 0 Å². The third kappa shape index (κ3) is 5.52. The predicted molar refractivity (Wildman–Crippen MR) is 126 cm³/mol. The molecule has 9 nitrogen and oxygen atoms in total. The Kier molecular flexibility index (Phi) is 7.40. The fraction of sp³-hybridized carbons (Fsp3) is 0.375. The maximum atomic E-state index is 12.9. The van der Waals surface area contributed by atoms with Gasteiger partial charge in [-0.05, 0) is 36.8 Å². The van der Waals surface area contributed by atoms with E-state index in [2.05, 4.69) is 15.0 Å². The Hall–Kier alpha value is -3.08. The number of methoxy groups -OCH3 is 1. The van der Waals surface area contributed by atoms with E-state index in [0.717, 1.165) is 11.1 Å². The monoisotopic (exact) mass is 484 g/mol. The number of ether oxygens (including phenoxy) is 1. The van der Waals surface area contributed by atoms with Crippen LogP contribution in [0.25, 0.3) is 11.4 Å².